The molecular weight excluding hydrogens is 508 g/mol. The number of nitrogens with one attached hydrogen (secondary N) is 2. The predicted octanol–water partition coefficient (Wildman–Crippen LogP) is 6.99. The van der Waals surface area contributed by atoms with Gasteiger partial charge in [0.1, 0.15) is 5.84 Å². The average Bonchev–Trinajstić information content (AvgIpc) is 3.53. The first-order valence-corrected chi connectivity index (χ1v) is 15.8. The van der Waals surface area contributed by atoms with E-state index in [1.54, 1.807) is 5.57 Å². The zero-order valence-corrected chi connectivity index (χ0v) is 24.1. The van der Waals surface area contributed by atoms with Gasteiger partial charge < -0.3 is 15.1 Å². The number of amidine groups is 1. The number of anilines is 1. The summed E-state index contributed by atoms with van der Waals surface area (Å²) in [7, 11) is 0. The number of nitrogens with zero attached hydrogens (tertiary/aromatic N) is 2. The van der Waals surface area contributed by atoms with Crippen LogP contribution >= 0.6 is 11.8 Å². The average molecular weight is 549 g/mol. The number of likely N-dealkylation sites (tertiary alicyclic amines) is 1. The Labute approximate surface area is 243 Å². The molecule has 1 fully saturated rings. The quantitative estimate of drug-likeness (QED) is 0.334. The lowest BCUT2D eigenvalue weighted by atomic mass is 9.88. The lowest BCUT2D eigenvalue weighted by Crippen LogP contribution is -2.46. The van der Waals surface area contributed by atoms with Gasteiger partial charge in [-0.1, -0.05) is 90.5 Å². The SMILES string of the molecule is N=C1CN(CCCN2CCC(=C(c3ccccc3)c3ccccc3)CC2)c2ccccc2CC(C2=CCCS2)N1. The van der Waals surface area contributed by atoms with E-state index in [0.29, 0.717) is 12.4 Å². The summed E-state index contributed by atoms with van der Waals surface area (Å²) in [5.74, 6) is 1.80. The number of fused-ring (bicyclic) bond motifs is 1. The van der Waals surface area contributed by atoms with Gasteiger partial charge in [0.25, 0.3) is 0 Å². The highest BCUT2D eigenvalue weighted by Gasteiger charge is 2.25. The molecule has 3 aliphatic rings. The Morgan fingerprint density at radius 1 is 0.850 bits per heavy atom. The van der Waals surface area contributed by atoms with Crippen molar-refractivity contribution in [1.29, 1.82) is 5.41 Å². The van der Waals surface area contributed by atoms with Crippen LogP contribution in [-0.4, -0.2) is 55.3 Å². The van der Waals surface area contributed by atoms with Crippen LogP contribution in [0.4, 0.5) is 5.69 Å². The zero-order valence-electron chi connectivity index (χ0n) is 23.3. The monoisotopic (exact) mass is 548 g/mol. The highest BCUT2D eigenvalue weighted by atomic mass is 32.2. The summed E-state index contributed by atoms with van der Waals surface area (Å²) in [6.07, 6.45) is 7.80. The summed E-state index contributed by atoms with van der Waals surface area (Å²) in [6.45, 7) is 4.95. The fourth-order valence-corrected chi connectivity index (χ4v) is 7.46. The summed E-state index contributed by atoms with van der Waals surface area (Å²) in [4.78, 5) is 6.47. The van der Waals surface area contributed by atoms with Gasteiger partial charge in [-0.3, -0.25) is 5.41 Å². The van der Waals surface area contributed by atoms with E-state index in [1.807, 2.05) is 11.8 Å². The lowest BCUT2D eigenvalue weighted by Gasteiger charge is -2.34. The highest BCUT2D eigenvalue weighted by molar-refractivity contribution is 8.03. The molecule has 0 radical (unpaired) electrons. The Hall–Kier alpha value is -3.28. The number of rotatable bonds is 7. The first-order valence-electron chi connectivity index (χ1n) is 14.8. The maximum atomic E-state index is 8.72. The minimum atomic E-state index is 0.232. The van der Waals surface area contributed by atoms with Crippen molar-refractivity contribution in [2.24, 2.45) is 0 Å². The zero-order chi connectivity index (χ0) is 27.1. The van der Waals surface area contributed by atoms with Gasteiger partial charge in [-0.2, -0.15) is 0 Å². The number of piperidine rings is 1. The summed E-state index contributed by atoms with van der Waals surface area (Å²) >= 11 is 1.95. The molecule has 40 heavy (non-hydrogen) atoms. The largest absolute Gasteiger partial charge is 0.365 e. The Bertz CT molecular complexity index is 1310. The molecule has 0 saturated carbocycles. The van der Waals surface area contributed by atoms with Crippen LogP contribution < -0.4 is 10.2 Å². The molecule has 1 saturated heterocycles. The van der Waals surface area contributed by atoms with Crippen LogP contribution in [0, 0.1) is 5.41 Å². The Morgan fingerprint density at radius 3 is 2.20 bits per heavy atom. The fourth-order valence-electron chi connectivity index (χ4n) is 6.41. The van der Waals surface area contributed by atoms with Gasteiger partial charge in [0, 0.05) is 36.0 Å². The van der Waals surface area contributed by atoms with E-state index < -0.39 is 0 Å². The molecule has 5 heteroatoms. The normalized spacial score (nSPS) is 19.9. The van der Waals surface area contributed by atoms with E-state index in [1.165, 1.54) is 38.6 Å². The Morgan fingerprint density at radius 2 is 1.52 bits per heavy atom. The summed E-state index contributed by atoms with van der Waals surface area (Å²) < 4.78 is 0. The molecule has 1 unspecified atom stereocenters. The van der Waals surface area contributed by atoms with Crippen molar-refractivity contribution in [2.75, 3.05) is 43.4 Å². The minimum absolute atomic E-state index is 0.232. The third kappa shape index (κ3) is 6.37. The topological polar surface area (TPSA) is 42.4 Å². The Balaban J connectivity index is 1.09. The molecule has 3 aliphatic heterocycles. The van der Waals surface area contributed by atoms with Crippen molar-refractivity contribution >= 4 is 28.9 Å². The van der Waals surface area contributed by atoms with E-state index in [9.17, 15) is 0 Å². The van der Waals surface area contributed by atoms with Crippen molar-refractivity contribution in [3.63, 3.8) is 0 Å². The third-order valence-corrected chi connectivity index (χ3v) is 9.59. The highest BCUT2D eigenvalue weighted by Crippen LogP contribution is 2.34. The Kier molecular flexibility index (Phi) is 8.70. The second-order valence-corrected chi connectivity index (χ2v) is 12.2. The van der Waals surface area contributed by atoms with Gasteiger partial charge in [-0.15, -0.1) is 11.8 Å². The second kappa shape index (κ2) is 12.9. The predicted molar refractivity (Wildman–Crippen MR) is 171 cm³/mol. The van der Waals surface area contributed by atoms with Crippen molar-refractivity contribution < 1.29 is 0 Å². The smallest absolute Gasteiger partial charge is 0.114 e. The van der Waals surface area contributed by atoms with E-state index in [-0.39, 0.29) is 6.04 Å². The number of allylic oxidation sites excluding steroid dienone is 1. The lowest BCUT2D eigenvalue weighted by molar-refractivity contribution is 0.255. The molecule has 3 aromatic rings. The molecule has 3 heterocycles. The maximum absolute atomic E-state index is 8.72. The van der Waals surface area contributed by atoms with Crippen LogP contribution in [-0.2, 0) is 6.42 Å². The molecule has 206 valence electrons. The molecule has 4 nitrogen and oxygen atoms in total. The fraction of sp³-hybridized carbons (Fsp3) is 0.343. The van der Waals surface area contributed by atoms with Crippen molar-refractivity contribution in [2.45, 2.75) is 38.1 Å². The molecule has 6 rings (SSSR count). The molecule has 0 aliphatic carbocycles. The van der Waals surface area contributed by atoms with E-state index in [0.717, 1.165) is 58.3 Å². The van der Waals surface area contributed by atoms with E-state index in [4.69, 9.17) is 5.41 Å². The van der Waals surface area contributed by atoms with Crippen LogP contribution in [0.15, 0.2) is 101 Å². The molecule has 0 spiro atoms. The van der Waals surface area contributed by atoms with Crippen molar-refractivity contribution in [1.82, 2.24) is 10.2 Å². The molecular formula is C35H40N4S. The standard InChI is InChI=1S/C35H40N4S/c36-34-26-39(32-16-8-7-15-30(32)25-31(37-34)33-17-9-24-40-33)21-10-20-38-22-18-29(19-23-38)35(27-11-3-1-4-12-27)28-13-5-2-6-14-28/h1-8,11-17,31H,9-10,18-26H2,(H2,36,37). The van der Waals surface area contributed by atoms with Crippen LogP contribution in [0.2, 0.25) is 0 Å². The second-order valence-electron chi connectivity index (χ2n) is 11.1. The van der Waals surface area contributed by atoms with Crippen LogP contribution in [0.3, 0.4) is 0 Å². The molecule has 3 aromatic carbocycles. The van der Waals surface area contributed by atoms with Gasteiger partial charge in [-0.05, 0) is 67.0 Å². The molecule has 0 bridgehead atoms. The summed E-state index contributed by atoms with van der Waals surface area (Å²) in [5, 5.41) is 12.3. The number of para-hydroxylation sites is 1. The number of hydrogen-bond acceptors (Lipinski definition) is 4. The van der Waals surface area contributed by atoms with Crippen LogP contribution in [0.5, 0.6) is 0 Å². The van der Waals surface area contributed by atoms with Crippen molar-refractivity contribution in [3.8, 4) is 0 Å². The third-order valence-electron chi connectivity index (χ3n) is 8.37. The summed E-state index contributed by atoms with van der Waals surface area (Å²) in [5.41, 5.74) is 8.36. The van der Waals surface area contributed by atoms with E-state index in [2.05, 4.69) is 106 Å². The molecule has 0 aromatic heterocycles. The number of thioether (sulfide) groups is 1. The van der Waals surface area contributed by atoms with Gasteiger partial charge >= 0.3 is 0 Å². The molecule has 2 N–H and O–H groups in total. The van der Waals surface area contributed by atoms with Crippen molar-refractivity contribution in [3.05, 3.63) is 118 Å². The first kappa shape index (κ1) is 26.9. The summed E-state index contributed by atoms with van der Waals surface area (Å²) in [6, 6.07) is 30.9. The van der Waals surface area contributed by atoms with Gasteiger partial charge in [-0.25, -0.2) is 0 Å². The van der Waals surface area contributed by atoms with Gasteiger partial charge in [0.05, 0.1) is 12.6 Å². The van der Waals surface area contributed by atoms with Crippen LogP contribution in [0.25, 0.3) is 5.57 Å². The van der Waals surface area contributed by atoms with Crippen LogP contribution in [0.1, 0.15) is 42.4 Å². The maximum Gasteiger partial charge on any atom is 0.114 e. The van der Waals surface area contributed by atoms with Gasteiger partial charge in [0.15, 0.2) is 0 Å². The first-order chi connectivity index (χ1) is 19.7. The number of hydrogen-bond donors (Lipinski definition) is 2. The van der Waals surface area contributed by atoms with Gasteiger partial charge in [0.2, 0.25) is 0 Å². The molecule has 0 amide bonds. The number of benzene rings is 3. The van der Waals surface area contributed by atoms with E-state index >= 15 is 0 Å². The molecule has 1 atom stereocenters. The minimum Gasteiger partial charge on any atom is -0.365 e.